The molecule has 8 heteroatoms. The van der Waals surface area contributed by atoms with E-state index in [1.807, 2.05) is 29.1 Å². The van der Waals surface area contributed by atoms with Crippen LogP contribution in [-0.4, -0.2) is 31.4 Å². The van der Waals surface area contributed by atoms with Crippen LogP contribution in [0.5, 0.6) is 0 Å². The topological polar surface area (TPSA) is 86.0 Å². The Balaban J connectivity index is 0.00000169. The van der Waals surface area contributed by atoms with Crippen molar-refractivity contribution in [1.82, 2.24) is 24.8 Å². The summed E-state index contributed by atoms with van der Waals surface area (Å²) in [6.07, 6.45) is 2.90. The molecule has 0 unspecified atom stereocenters. The molecule has 0 spiro atoms. The highest BCUT2D eigenvalue weighted by Crippen LogP contribution is 2.22. The average Bonchev–Trinajstić information content (AvgIpc) is 3.22. The zero-order chi connectivity index (χ0) is 15.6. The van der Waals surface area contributed by atoms with Gasteiger partial charge in [0.05, 0.1) is 25.0 Å². The third kappa shape index (κ3) is 3.19. The van der Waals surface area contributed by atoms with E-state index in [0.717, 1.165) is 25.2 Å². The molecular weight excluding hydrogens is 328 g/mol. The van der Waals surface area contributed by atoms with Crippen LogP contribution in [0.3, 0.4) is 0 Å². The van der Waals surface area contributed by atoms with Crippen LogP contribution in [0.25, 0.3) is 5.69 Å². The van der Waals surface area contributed by atoms with E-state index in [9.17, 15) is 0 Å². The average molecular weight is 347 g/mol. The molecule has 0 amide bonds. The number of hydrogen-bond donors (Lipinski definition) is 1. The SMILES string of the molecule is Cl.NCc1nc(CN2CCc3c(cnn3-c3ccccc3)C2)no1. The Labute approximate surface area is 145 Å². The van der Waals surface area contributed by atoms with Crippen LogP contribution in [0.4, 0.5) is 0 Å². The molecule has 126 valence electrons. The highest BCUT2D eigenvalue weighted by atomic mass is 35.5. The summed E-state index contributed by atoms with van der Waals surface area (Å²) in [5, 5.41) is 8.51. The van der Waals surface area contributed by atoms with Crippen LogP contribution >= 0.6 is 12.4 Å². The van der Waals surface area contributed by atoms with Crippen LogP contribution in [0, 0.1) is 0 Å². The second-order valence-corrected chi connectivity index (χ2v) is 5.63. The summed E-state index contributed by atoms with van der Waals surface area (Å²) in [5.74, 6) is 1.17. The van der Waals surface area contributed by atoms with E-state index in [1.54, 1.807) is 0 Å². The largest absolute Gasteiger partial charge is 0.338 e. The lowest BCUT2D eigenvalue weighted by Crippen LogP contribution is -2.30. The van der Waals surface area contributed by atoms with Crippen molar-refractivity contribution in [1.29, 1.82) is 0 Å². The number of nitrogens with two attached hydrogens (primary N) is 1. The summed E-state index contributed by atoms with van der Waals surface area (Å²) in [6, 6.07) is 10.2. The second kappa shape index (κ2) is 7.12. The lowest BCUT2D eigenvalue weighted by atomic mass is 10.1. The fourth-order valence-electron chi connectivity index (χ4n) is 2.95. The minimum atomic E-state index is 0. The molecule has 0 radical (unpaired) electrons. The van der Waals surface area contributed by atoms with Crippen molar-refractivity contribution < 1.29 is 4.52 Å². The Morgan fingerprint density at radius 3 is 2.79 bits per heavy atom. The van der Waals surface area contributed by atoms with Gasteiger partial charge >= 0.3 is 0 Å². The number of fused-ring (bicyclic) bond motifs is 1. The molecule has 3 heterocycles. The molecule has 7 nitrogen and oxygen atoms in total. The van der Waals surface area contributed by atoms with Gasteiger partial charge in [0.2, 0.25) is 5.89 Å². The molecule has 0 bridgehead atoms. The summed E-state index contributed by atoms with van der Waals surface area (Å²) >= 11 is 0. The van der Waals surface area contributed by atoms with Gasteiger partial charge in [-0.05, 0) is 12.1 Å². The fourth-order valence-corrected chi connectivity index (χ4v) is 2.95. The van der Waals surface area contributed by atoms with Gasteiger partial charge in [0, 0.05) is 30.8 Å². The molecule has 0 saturated carbocycles. The first-order valence-corrected chi connectivity index (χ1v) is 7.68. The van der Waals surface area contributed by atoms with Gasteiger partial charge in [-0.2, -0.15) is 10.1 Å². The Hall–Kier alpha value is -2.22. The first-order chi connectivity index (χ1) is 11.3. The molecule has 0 atom stereocenters. The van der Waals surface area contributed by atoms with E-state index in [1.165, 1.54) is 11.3 Å². The summed E-state index contributed by atoms with van der Waals surface area (Å²) in [7, 11) is 0. The molecular formula is C16H19ClN6O. The second-order valence-electron chi connectivity index (χ2n) is 5.63. The molecule has 0 saturated heterocycles. The Kier molecular flexibility index (Phi) is 4.94. The highest BCUT2D eigenvalue weighted by molar-refractivity contribution is 5.85. The molecule has 2 aromatic heterocycles. The molecule has 0 fully saturated rings. The van der Waals surface area contributed by atoms with Gasteiger partial charge in [-0.1, -0.05) is 23.4 Å². The number of hydrogen-bond acceptors (Lipinski definition) is 6. The van der Waals surface area contributed by atoms with E-state index in [4.69, 9.17) is 10.3 Å². The molecule has 2 N–H and O–H groups in total. The van der Waals surface area contributed by atoms with Gasteiger partial charge in [0.25, 0.3) is 0 Å². The molecule has 24 heavy (non-hydrogen) atoms. The van der Waals surface area contributed by atoms with Crippen molar-refractivity contribution in [2.45, 2.75) is 26.1 Å². The predicted octanol–water partition coefficient (Wildman–Crippen LogP) is 1.69. The Bertz CT molecular complexity index is 800. The molecule has 4 rings (SSSR count). The summed E-state index contributed by atoms with van der Waals surface area (Å²) in [4.78, 5) is 6.56. The Morgan fingerprint density at radius 2 is 2.04 bits per heavy atom. The van der Waals surface area contributed by atoms with Crippen LogP contribution in [0.2, 0.25) is 0 Å². The molecule has 3 aromatic rings. The van der Waals surface area contributed by atoms with Gasteiger partial charge in [-0.25, -0.2) is 4.68 Å². The maximum Gasteiger partial charge on any atom is 0.240 e. The third-order valence-electron chi connectivity index (χ3n) is 4.06. The smallest absolute Gasteiger partial charge is 0.240 e. The molecule has 1 aliphatic heterocycles. The van der Waals surface area contributed by atoms with Gasteiger partial charge in [-0.3, -0.25) is 4.90 Å². The number of nitrogens with zero attached hydrogens (tertiary/aromatic N) is 5. The summed E-state index contributed by atoms with van der Waals surface area (Å²) < 4.78 is 7.09. The van der Waals surface area contributed by atoms with Crippen molar-refractivity contribution in [3.63, 3.8) is 0 Å². The van der Waals surface area contributed by atoms with Crippen LogP contribution in [0.15, 0.2) is 41.1 Å². The normalized spacial score (nSPS) is 14.2. The first-order valence-electron chi connectivity index (χ1n) is 7.68. The molecule has 1 aromatic carbocycles. The van der Waals surface area contributed by atoms with Gasteiger partial charge in [0.1, 0.15) is 0 Å². The lowest BCUT2D eigenvalue weighted by molar-refractivity contribution is 0.233. The van der Waals surface area contributed by atoms with Gasteiger partial charge < -0.3 is 10.3 Å². The molecule has 0 aliphatic carbocycles. The number of rotatable bonds is 4. The highest BCUT2D eigenvalue weighted by Gasteiger charge is 2.22. The van der Waals surface area contributed by atoms with E-state index in [2.05, 4.69) is 32.3 Å². The first kappa shape index (κ1) is 16.6. The van der Waals surface area contributed by atoms with E-state index < -0.39 is 0 Å². The van der Waals surface area contributed by atoms with Gasteiger partial charge in [-0.15, -0.1) is 12.4 Å². The zero-order valence-electron chi connectivity index (χ0n) is 13.1. The fraction of sp³-hybridized carbons (Fsp3) is 0.312. The monoisotopic (exact) mass is 346 g/mol. The number of halogens is 1. The third-order valence-corrected chi connectivity index (χ3v) is 4.06. The maximum atomic E-state index is 5.50. The summed E-state index contributed by atoms with van der Waals surface area (Å²) in [6.45, 7) is 2.73. The molecule has 1 aliphatic rings. The Morgan fingerprint density at radius 1 is 1.21 bits per heavy atom. The van der Waals surface area contributed by atoms with Crippen LogP contribution in [-0.2, 0) is 26.1 Å². The van der Waals surface area contributed by atoms with Crippen molar-refractivity contribution in [3.8, 4) is 5.69 Å². The van der Waals surface area contributed by atoms with E-state index >= 15 is 0 Å². The van der Waals surface area contributed by atoms with Crippen molar-refractivity contribution in [2.75, 3.05) is 6.54 Å². The standard InChI is InChI=1S/C16H18N6O.ClH/c17-8-16-19-15(20-23-16)11-21-7-6-14-12(10-21)9-18-22(14)13-4-2-1-3-5-13;/h1-5,9H,6-8,10-11,17H2;1H. The van der Waals surface area contributed by atoms with Crippen LogP contribution in [0.1, 0.15) is 23.0 Å². The lowest BCUT2D eigenvalue weighted by Gasteiger charge is -2.26. The van der Waals surface area contributed by atoms with Gasteiger partial charge in [0.15, 0.2) is 5.82 Å². The van der Waals surface area contributed by atoms with E-state index in [-0.39, 0.29) is 19.0 Å². The number of benzene rings is 1. The maximum absolute atomic E-state index is 5.50. The quantitative estimate of drug-likeness (QED) is 0.773. The number of para-hydroxylation sites is 1. The zero-order valence-corrected chi connectivity index (χ0v) is 13.9. The van der Waals surface area contributed by atoms with Crippen molar-refractivity contribution in [3.05, 3.63) is 59.5 Å². The minimum Gasteiger partial charge on any atom is -0.338 e. The minimum absolute atomic E-state index is 0. The predicted molar refractivity (Wildman–Crippen MR) is 90.8 cm³/mol. The van der Waals surface area contributed by atoms with E-state index in [0.29, 0.717) is 18.3 Å². The number of aromatic nitrogens is 4. The van der Waals surface area contributed by atoms with Crippen LogP contribution < -0.4 is 5.73 Å². The summed E-state index contributed by atoms with van der Waals surface area (Å²) in [5.41, 5.74) is 9.13. The van der Waals surface area contributed by atoms with Crippen molar-refractivity contribution in [2.24, 2.45) is 5.73 Å². The van der Waals surface area contributed by atoms with Crippen molar-refractivity contribution >= 4 is 12.4 Å².